The summed E-state index contributed by atoms with van der Waals surface area (Å²) in [4.78, 5) is 24.9. The van der Waals surface area contributed by atoms with Crippen LogP contribution in [0.3, 0.4) is 0 Å². The average Bonchev–Trinajstić information content (AvgIpc) is 2.68. The molecule has 0 bridgehead atoms. The summed E-state index contributed by atoms with van der Waals surface area (Å²) in [5.41, 5.74) is 7.11. The lowest BCUT2D eigenvalue weighted by molar-refractivity contribution is -0.123. The zero-order valence-electron chi connectivity index (χ0n) is 14.7. The fourth-order valence-corrected chi connectivity index (χ4v) is 2.51. The number of ether oxygens (including phenoxy) is 1. The molecule has 6 nitrogen and oxygen atoms in total. The minimum absolute atomic E-state index is 0.0804. The van der Waals surface area contributed by atoms with Crippen LogP contribution in [0.15, 0.2) is 60.2 Å². The molecule has 0 aliphatic heterocycles. The van der Waals surface area contributed by atoms with Crippen molar-refractivity contribution in [3.63, 3.8) is 0 Å². The third-order valence-corrected chi connectivity index (χ3v) is 3.97. The van der Waals surface area contributed by atoms with Gasteiger partial charge in [0.15, 0.2) is 5.78 Å². The van der Waals surface area contributed by atoms with E-state index in [1.807, 2.05) is 6.07 Å². The van der Waals surface area contributed by atoms with Gasteiger partial charge in [-0.15, -0.1) is 0 Å². The predicted octanol–water partition coefficient (Wildman–Crippen LogP) is 1.80. The van der Waals surface area contributed by atoms with Crippen LogP contribution in [0.2, 0.25) is 0 Å². The van der Waals surface area contributed by atoms with E-state index in [1.165, 1.54) is 7.05 Å². The highest BCUT2D eigenvalue weighted by molar-refractivity contribution is 6.24. The Morgan fingerprint density at radius 1 is 1.12 bits per heavy atom. The fraction of sp³-hybridized carbons (Fsp3) is 0.200. The second kappa shape index (κ2) is 8.82. The highest BCUT2D eigenvalue weighted by atomic mass is 16.5. The maximum absolute atomic E-state index is 12.7. The summed E-state index contributed by atoms with van der Waals surface area (Å²) >= 11 is 0. The number of carbonyl (C=O) groups excluding carboxylic acids is 2. The van der Waals surface area contributed by atoms with Crippen molar-refractivity contribution in [1.29, 1.82) is 0 Å². The molecule has 1 unspecified atom stereocenters. The Bertz CT molecular complexity index is 798. The summed E-state index contributed by atoms with van der Waals surface area (Å²) in [6.07, 6.45) is -1.32. The van der Waals surface area contributed by atoms with Gasteiger partial charge in [0.1, 0.15) is 11.3 Å². The predicted molar refractivity (Wildman–Crippen MR) is 99.2 cm³/mol. The van der Waals surface area contributed by atoms with Crippen molar-refractivity contribution < 1.29 is 19.4 Å². The lowest BCUT2D eigenvalue weighted by Crippen LogP contribution is -2.28. The standard InChI is InChI=1S/C20H22N2O4/c1-22-20(25)18(19(21)14-6-4-3-5-7-14)17(24)12-16(23)13-8-10-15(26-2)11-9-13/h3-11,16,23H,12,21H2,1-2H3,(H,22,25). The second-order valence-electron chi connectivity index (χ2n) is 5.65. The molecule has 0 radical (unpaired) electrons. The molecule has 0 saturated heterocycles. The average molecular weight is 354 g/mol. The van der Waals surface area contributed by atoms with E-state index in [9.17, 15) is 14.7 Å². The molecule has 2 aromatic rings. The van der Waals surface area contributed by atoms with E-state index in [1.54, 1.807) is 55.6 Å². The zero-order valence-corrected chi connectivity index (χ0v) is 14.7. The van der Waals surface area contributed by atoms with Gasteiger partial charge in [-0.2, -0.15) is 0 Å². The Balaban J connectivity index is 2.28. The van der Waals surface area contributed by atoms with Gasteiger partial charge in [-0.25, -0.2) is 0 Å². The molecule has 2 rings (SSSR count). The van der Waals surface area contributed by atoms with Crippen molar-refractivity contribution in [2.24, 2.45) is 5.73 Å². The fourth-order valence-electron chi connectivity index (χ4n) is 2.51. The molecule has 1 amide bonds. The van der Waals surface area contributed by atoms with Gasteiger partial charge >= 0.3 is 0 Å². The topological polar surface area (TPSA) is 102 Å². The Morgan fingerprint density at radius 2 is 1.73 bits per heavy atom. The molecule has 0 aliphatic rings. The van der Waals surface area contributed by atoms with Gasteiger partial charge in [0.25, 0.3) is 5.91 Å². The first-order valence-electron chi connectivity index (χ1n) is 8.10. The molecule has 0 fully saturated rings. The highest BCUT2D eigenvalue weighted by Gasteiger charge is 2.24. The number of hydrogen-bond acceptors (Lipinski definition) is 5. The van der Waals surface area contributed by atoms with Gasteiger partial charge in [-0.3, -0.25) is 9.59 Å². The number of amides is 1. The number of aliphatic hydroxyl groups is 1. The van der Waals surface area contributed by atoms with Gasteiger partial charge in [-0.05, 0) is 23.3 Å². The number of rotatable bonds is 7. The van der Waals surface area contributed by atoms with E-state index in [-0.39, 0.29) is 17.7 Å². The van der Waals surface area contributed by atoms with E-state index >= 15 is 0 Å². The van der Waals surface area contributed by atoms with Crippen LogP contribution in [-0.4, -0.2) is 31.0 Å². The van der Waals surface area contributed by atoms with Crippen LogP contribution in [0.25, 0.3) is 5.70 Å². The minimum atomic E-state index is -1.06. The minimum Gasteiger partial charge on any atom is -0.497 e. The Morgan fingerprint density at radius 3 is 2.27 bits per heavy atom. The Labute approximate surface area is 152 Å². The van der Waals surface area contributed by atoms with Gasteiger partial charge < -0.3 is 20.9 Å². The Kier molecular flexibility index (Phi) is 6.52. The van der Waals surface area contributed by atoms with Crippen molar-refractivity contribution in [3.8, 4) is 5.75 Å². The number of benzene rings is 2. The van der Waals surface area contributed by atoms with Crippen LogP contribution in [0.4, 0.5) is 0 Å². The molecular weight excluding hydrogens is 332 g/mol. The van der Waals surface area contributed by atoms with Crippen LogP contribution < -0.4 is 15.8 Å². The second-order valence-corrected chi connectivity index (χ2v) is 5.65. The van der Waals surface area contributed by atoms with E-state index in [2.05, 4.69) is 5.32 Å². The number of nitrogens with two attached hydrogens (primary N) is 1. The van der Waals surface area contributed by atoms with E-state index in [0.29, 0.717) is 16.9 Å². The van der Waals surface area contributed by atoms with Crippen molar-refractivity contribution in [2.45, 2.75) is 12.5 Å². The molecule has 4 N–H and O–H groups in total. The molecule has 0 aromatic heterocycles. The molecular formula is C20H22N2O4. The normalized spacial score (nSPS) is 12.7. The van der Waals surface area contributed by atoms with E-state index < -0.39 is 17.8 Å². The molecule has 26 heavy (non-hydrogen) atoms. The lowest BCUT2D eigenvalue weighted by atomic mass is 9.96. The maximum atomic E-state index is 12.7. The van der Waals surface area contributed by atoms with Crippen molar-refractivity contribution >= 4 is 17.4 Å². The maximum Gasteiger partial charge on any atom is 0.256 e. The summed E-state index contributed by atoms with van der Waals surface area (Å²) in [6.45, 7) is 0. The molecule has 0 saturated carbocycles. The summed E-state index contributed by atoms with van der Waals surface area (Å²) in [5.74, 6) is -0.473. The Hall–Kier alpha value is -3.12. The first-order valence-corrected chi connectivity index (χ1v) is 8.10. The van der Waals surface area contributed by atoms with Gasteiger partial charge in [0.05, 0.1) is 18.9 Å². The molecule has 1 atom stereocenters. The zero-order chi connectivity index (χ0) is 19.1. The quantitative estimate of drug-likeness (QED) is 0.400. The molecule has 2 aromatic carbocycles. The number of Topliss-reactive ketones (excluding diaryl/α,β-unsaturated/α-hetero) is 1. The number of carbonyl (C=O) groups is 2. The lowest BCUT2D eigenvalue weighted by Gasteiger charge is -2.14. The monoisotopic (exact) mass is 354 g/mol. The molecule has 0 aliphatic carbocycles. The number of ketones is 1. The van der Waals surface area contributed by atoms with Crippen LogP contribution in [0, 0.1) is 0 Å². The first-order chi connectivity index (χ1) is 12.5. The van der Waals surface area contributed by atoms with Crippen molar-refractivity contribution in [1.82, 2.24) is 5.32 Å². The summed E-state index contributed by atoms with van der Waals surface area (Å²) in [6, 6.07) is 15.5. The molecule has 136 valence electrons. The van der Waals surface area contributed by atoms with Crippen LogP contribution >= 0.6 is 0 Å². The van der Waals surface area contributed by atoms with Gasteiger partial charge in [0, 0.05) is 13.5 Å². The SMILES string of the molecule is CNC(=O)C(C(=O)CC(O)c1ccc(OC)cc1)=C(N)c1ccccc1. The van der Waals surface area contributed by atoms with Crippen LogP contribution in [0.1, 0.15) is 23.7 Å². The number of nitrogens with one attached hydrogen (secondary N) is 1. The first kappa shape index (κ1) is 19.2. The van der Waals surface area contributed by atoms with E-state index in [4.69, 9.17) is 10.5 Å². The largest absolute Gasteiger partial charge is 0.497 e. The third kappa shape index (κ3) is 4.49. The smallest absolute Gasteiger partial charge is 0.256 e. The van der Waals surface area contributed by atoms with Crippen molar-refractivity contribution in [3.05, 3.63) is 71.3 Å². The number of hydrogen-bond donors (Lipinski definition) is 3. The third-order valence-electron chi connectivity index (χ3n) is 3.97. The molecule has 0 heterocycles. The number of aliphatic hydroxyl groups excluding tert-OH is 1. The number of methoxy groups -OCH3 is 1. The molecule has 0 spiro atoms. The number of likely N-dealkylation sites (N-methyl/N-ethyl adjacent to an activating group) is 1. The van der Waals surface area contributed by atoms with Gasteiger partial charge in [-0.1, -0.05) is 42.5 Å². The van der Waals surface area contributed by atoms with Crippen molar-refractivity contribution in [2.75, 3.05) is 14.2 Å². The van der Waals surface area contributed by atoms with Gasteiger partial charge in [0.2, 0.25) is 0 Å². The summed E-state index contributed by atoms with van der Waals surface area (Å²) in [5, 5.41) is 12.8. The summed E-state index contributed by atoms with van der Waals surface area (Å²) in [7, 11) is 2.97. The highest BCUT2D eigenvalue weighted by Crippen LogP contribution is 2.23. The van der Waals surface area contributed by atoms with Crippen LogP contribution in [-0.2, 0) is 9.59 Å². The molecule has 6 heteroatoms. The van der Waals surface area contributed by atoms with E-state index in [0.717, 1.165) is 0 Å². The van der Waals surface area contributed by atoms with Crippen LogP contribution in [0.5, 0.6) is 5.75 Å². The summed E-state index contributed by atoms with van der Waals surface area (Å²) < 4.78 is 5.07.